The van der Waals surface area contributed by atoms with E-state index in [9.17, 15) is 10.2 Å². The fourth-order valence-corrected chi connectivity index (χ4v) is 7.16. The van der Waals surface area contributed by atoms with Gasteiger partial charge in [-0.25, -0.2) is 0 Å². The van der Waals surface area contributed by atoms with E-state index < -0.39 is 74.0 Å². The van der Waals surface area contributed by atoms with Gasteiger partial charge in [-0.2, -0.15) is 10.2 Å². The topological polar surface area (TPSA) is 157 Å². The summed E-state index contributed by atoms with van der Waals surface area (Å²) < 4.78 is 60.9. The average Bonchev–Trinajstić information content (AvgIpc) is 3.27. The van der Waals surface area contributed by atoms with Crippen molar-refractivity contribution < 1.29 is 57.6 Å². The van der Waals surface area contributed by atoms with Crippen LogP contribution in [0.2, 0.25) is 0 Å². The molecule has 58 heavy (non-hydrogen) atoms. The Balaban J connectivity index is 0.868. The molecule has 4 aromatic rings. The van der Waals surface area contributed by atoms with Crippen molar-refractivity contribution in [1.82, 2.24) is 0 Å². The van der Waals surface area contributed by atoms with Crippen LogP contribution < -0.4 is 9.47 Å². The summed E-state index contributed by atoms with van der Waals surface area (Å²) in [5.41, 5.74) is 2.84. The van der Waals surface area contributed by atoms with Crippen LogP contribution in [0.4, 0.5) is 11.4 Å². The van der Waals surface area contributed by atoms with Crippen LogP contribution in [0, 0.1) is 0 Å². The largest absolute Gasteiger partial charge is 0.462 e. The van der Waals surface area contributed by atoms with Crippen LogP contribution in [0.15, 0.2) is 145 Å². The highest BCUT2D eigenvalue weighted by Gasteiger charge is 2.52. The Hall–Kier alpha value is -4.84. The summed E-state index contributed by atoms with van der Waals surface area (Å²) in [5.74, 6) is 0.949. The van der Waals surface area contributed by atoms with E-state index in [1.807, 2.05) is 60.7 Å². The Morgan fingerprint density at radius 3 is 1.33 bits per heavy atom. The first-order valence-corrected chi connectivity index (χ1v) is 19.2. The zero-order chi connectivity index (χ0) is 39.8. The molecule has 0 radical (unpaired) electrons. The van der Waals surface area contributed by atoms with Gasteiger partial charge < -0.3 is 57.6 Å². The highest BCUT2D eigenvalue weighted by molar-refractivity contribution is 5.44. The summed E-state index contributed by atoms with van der Waals surface area (Å²) in [5, 5.41) is 31.5. The molecule has 14 nitrogen and oxygen atoms in total. The van der Waals surface area contributed by atoms with Crippen molar-refractivity contribution >= 4 is 11.4 Å². The minimum atomic E-state index is -1.06. The van der Waals surface area contributed by atoms with Crippen LogP contribution in [0.5, 0.6) is 11.5 Å². The number of benzene rings is 4. The van der Waals surface area contributed by atoms with Gasteiger partial charge in [-0.3, -0.25) is 0 Å². The molecule has 4 fully saturated rings. The van der Waals surface area contributed by atoms with Gasteiger partial charge in [0.2, 0.25) is 12.6 Å². The van der Waals surface area contributed by atoms with Crippen molar-refractivity contribution in [2.75, 3.05) is 26.4 Å². The van der Waals surface area contributed by atoms with Gasteiger partial charge in [0, 0.05) is 11.1 Å². The number of nitrogens with zero attached hydrogens (tertiary/aromatic N) is 2. The quantitative estimate of drug-likeness (QED) is 0.107. The number of aliphatic hydroxyl groups is 2. The third-order valence-electron chi connectivity index (χ3n) is 10.0. The normalized spacial score (nSPS) is 32.1. The van der Waals surface area contributed by atoms with E-state index in [1.165, 1.54) is 0 Å². The molecule has 8 rings (SSSR count). The first-order valence-electron chi connectivity index (χ1n) is 19.2. The van der Waals surface area contributed by atoms with E-state index in [2.05, 4.69) is 23.4 Å². The zero-order valence-corrected chi connectivity index (χ0v) is 31.6. The second-order valence-corrected chi connectivity index (χ2v) is 14.0. The number of hydrogen-bond donors (Lipinski definition) is 2. The van der Waals surface area contributed by atoms with Crippen molar-refractivity contribution in [3.63, 3.8) is 0 Å². The molecular formula is C44H46N2O12. The van der Waals surface area contributed by atoms with Crippen LogP contribution in [0.3, 0.4) is 0 Å². The lowest BCUT2D eigenvalue weighted by Crippen LogP contribution is -2.63. The molecule has 12 atom stereocenters. The first kappa shape index (κ1) is 40.0. The van der Waals surface area contributed by atoms with Gasteiger partial charge >= 0.3 is 0 Å². The third kappa shape index (κ3) is 9.22. The van der Waals surface area contributed by atoms with Crippen LogP contribution in [0.25, 0.3) is 0 Å². The van der Waals surface area contributed by atoms with Crippen molar-refractivity contribution in [3.8, 4) is 11.5 Å². The predicted octanol–water partition coefficient (Wildman–Crippen LogP) is 6.40. The Bertz CT molecular complexity index is 1810. The summed E-state index contributed by atoms with van der Waals surface area (Å²) in [6.45, 7) is 8.22. The van der Waals surface area contributed by atoms with E-state index in [0.29, 0.717) is 22.9 Å². The summed E-state index contributed by atoms with van der Waals surface area (Å²) in [7, 11) is 0. The monoisotopic (exact) mass is 794 g/mol. The first-order chi connectivity index (χ1) is 28.5. The van der Waals surface area contributed by atoms with E-state index in [4.69, 9.17) is 47.4 Å². The molecule has 4 aromatic carbocycles. The van der Waals surface area contributed by atoms with E-state index in [1.54, 1.807) is 60.7 Å². The number of hydrogen-bond acceptors (Lipinski definition) is 14. The molecule has 4 saturated heterocycles. The predicted molar refractivity (Wildman–Crippen MR) is 208 cm³/mol. The van der Waals surface area contributed by atoms with E-state index in [0.717, 1.165) is 11.1 Å². The molecular weight excluding hydrogens is 748 g/mol. The zero-order valence-electron chi connectivity index (χ0n) is 31.6. The van der Waals surface area contributed by atoms with Gasteiger partial charge in [0.1, 0.15) is 60.3 Å². The third-order valence-corrected chi connectivity index (χ3v) is 10.0. The second kappa shape index (κ2) is 18.8. The molecule has 14 heteroatoms. The summed E-state index contributed by atoms with van der Waals surface area (Å²) in [4.78, 5) is 0. The molecule has 4 aliphatic rings. The number of azo groups is 1. The summed E-state index contributed by atoms with van der Waals surface area (Å²) in [6, 6.07) is 33.0. The highest BCUT2D eigenvalue weighted by atomic mass is 16.8. The maximum Gasteiger partial charge on any atom is 0.229 e. The lowest BCUT2D eigenvalue weighted by atomic mass is 9.97. The minimum absolute atomic E-state index is 0.178. The maximum absolute atomic E-state index is 11.4. The molecule has 0 spiro atoms. The lowest BCUT2D eigenvalue weighted by molar-refractivity contribution is -0.353. The van der Waals surface area contributed by atoms with Gasteiger partial charge in [0.05, 0.1) is 37.8 Å². The van der Waals surface area contributed by atoms with Crippen LogP contribution in [0.1, 0.15) is 23.7 Å². The SMILES string of the molecule is C=CCO[C@@H]1[C@@H](Oc2ccc(N=Nc3ccc(O[C@H]4O[C@@H]5COC(c6ccccc6)O[C@H]5[C@H](O)[C@@H]4OCC=C)cc3)cc2)O[C@@H]2COC(c3ccccc3)O[C@H]2[C@@H]1O. The van der Waals surface area contributed by atoms with Gasteiger partial charge in [0.15, 0.2) is 12.6 Å². The van der Waals surface area contributed by atoms with Crippen molar-refractivity contribution in [1.29, 1.82) is 0 Å². The Labute approximate surface area is 336 Å². The van der Waals surface area contributed by atoms with Gasteiger partial charge in [-0.1, -0.05) is 72.8 Å². The number of rotatable bonds is 14. The molecule has 0 saturated carbocycles. The van der Waals surface area contributed by atoms with Crippen molar-refractivity contribution in [2.24, 2.45) is 10.2 Å². The molecule has 0 aliphatic carbocycles. The molecule has 0 amide bonds. The molecule has 4 heterocycles. The molecule has 0 bridgehead atoms. The lowest BCUT2D eigenvalue weighted by Gasteiger charge is -2.47. The Morgan fingerprint density at radius 1 is 0.552 bits per heavy atom. The van der Waals surface area contributed by atoms with Gasteiger partial charge in [0.25, 0.3) is 0 Å². The Kier molecular flexibility index (Phi) is 13.0. The standard InChI is InChI=1S/C44H46N2O12/c1-3-23-49-39-35(47)37-33(25-51-41(57-37)27-11-7-5-8-12-27)55-43(39)53-31-19-15-29(16-20-31)45-46-30-17-21-32(22-18-30)54-44-40(50-24-4-2)36(48)38-34(56-44)26-52-42(58-38)28-13-9-6-10-14-28/h3-22,33-44,47-48H,1-2,23-26H2/t33-,34-,35+,36+,37-,38-,39+,40+,41?,42?,43+,44+/m1/s1. The second-order valence-electron chi connectivity index (χ2n) is 14.0. The molecule has 4 aliphatic heterocycles. The summed E-state index contributed by atoms with van der Waals surface area (Å²) >= 11 is 0. The van der Waals surface area contributed by atoms with E-state index in [-0.39, 0.29) is 26.4 Å². The smallest absolute Gasteiger partial charge is 0.229 e. The van der Waals surface area contributed by atoms with Gasteiger partial charge in [-0.05, 0) is 48.5 Å². The molecule has 2 N–H and O–H groups in total. The van der Waals surface area contributed by atoms with Gasteiger partial charge in [-0.15, -0.1) is 13.2 Å². The fourth-order valence-electron chi connectivity index (χ4n) is 7.16. The van der Waals surface area contributed by atoms with Crippen LogP contribution >= 0.6 is 0 Å². The van der Waals surface area contributed by atoms with Crippen LogP contribution in [-0.4, -0.2) is 98.1 Å². The summed E-state index contributed by atoms with van der Waals surface area (Å²) in [6.07, 6.45) is -6.37. The Morgan fingerprint density at radius 2 is 0.948 bits per heavy atom. The number of ether oxygens (including phenoxy) is 10. The molecule has 0 aromatic heterocycles. The van der Waals surface area contributed by atoms with E-state index >= 15 is 0 Å². The maximum atomic E-state index is 11.4. The average molecular weight is 795 g/mol. The van der Waals surface area contributed by atoms with Crippen molar-refractivity contribution in [2.45, 2.75) is 74.0 Å². The fraction of sp³-hybridized carbons (Fsp3) is 0.364. The van der Waals surface area contributed by atoms with Crippen LogP contribution in [-0.2, 0) is 37.9 Å². The highest BCUT2D eigenvalue weighted by Crippen LogP contribution is 2.38. The number of fused-ring (bicyclic) bond motifs is 2. The minimum Gasteiger partial charge on any atom is -0.462 e. The van der Waals surface area contributed by atoms with Crippen molar-refractivity contribution in [3.05, 3.63) is 146 Å². The molecule has 304 valence electrons. The number of aliphatic hydroxyl groups excluding tert-OH is 2. The molecule has 2 unspecified atom stereocenters.